The first-order valence-electron chi connectivity index (χ1n) is 9.01. The molecular weight excluding hydrogens is 397 g/mol. The lowest BCUT2D eigenvalue weighted by molar-refractivity contribution is 0.340. The Hall–Kier alpha value is -3.06. The van der Waals surface area contributed by atoms with Crippen LogP contribution in [0.15, 0.2) is 47.4 Å². The number of methoxy groups -OCH3 is 1. The molecule has 0 radical (unpaired) electrons. The number of benzene rings is 2. The van der Waals surface area contributed by atoms with Crippen LogP contribution in [0.1, 0.15) is 18.1 Å². The summed E-state index contributed by atoms with van der Waals surface area (Å²) in [6, 6.07) is 10.1. The van der Waals surface area contributed by atoms with Crippen molar-refractivity contribution in [3.63, 3.8) is 0 Å². The largest absolute Gasteiger partial charge is 0.494 e. The first kappa shape index (κ1) is 20.7. The zero-order valence-corrected chi connectivity index (χ0v) is 17.1. The third-order valence-electron chi connectivity index (χ3n) is 4.29. The third-order valence-corrected chi connectivity index (χ3v) is 4.58. The SMILES string of the molecule is CCOc1ccc(C)c(Nc2nc(=O)c(OC)cn2Cc2ccc(F)c(Cl)c2)c1. The van der Waals surface area contributed by atoms with Crippen LogP contribution >= 0.6 is 11.6 Å². The molecule has 0 aliphatic heterocycles. The monoisotopic (exact) mass is 417 g/mol. The van der Waals surface area contributed by atoms with Crippen molar-refractivity contribution in [2.45, 2.75) is 20.4 Å². The standard InChI is InChI=1S/C21H21ClFN3O3/c1-4-29-15-7-5-13(2)18(10-15)24-21-25-20(27)19(28-3)12-26(21)11-14-6-8-17(23)16(22)9-14/h5-10,12H,4,11H2,1-3H3,(H,24,25,27). The summed E-state index contributed by atoms with van der Waals surface area (Å²) in [7, 11) is 1.40. The molecule has 0 fully saturated rings. The summed E-state index contributed by atoms with van der Waals surface area (Å²) in [6.45, 7) is 4.68. The number of nitrogens with one attached hydrogen (secondary N) is 1. The van der Waals surface area contributed by atoms with E-state index >= 15 is 0 Å². The molecule has 3 rings (SSSR count). The highest BCUT2D eigenvalue weighted by Crippen LogP contribution is 2.26. The number of halogens is 2. The summed E-state index contributed by atoms with van der Waals surface area (Å²) in [4.78, 5) is 16.3. The van der Waals surface area contributed by atoms with E-state index < -0.39 is 11.4 Å². The van der Waals surface area contributed by atoms with Crippen molar-refractivity contribution < 1.29 is 13.9 Å². The van der Waals surface area contributed by atoms with Gasteiger partial charge in [0.1, 0.15) is 11.6 Å². The van der Waals surface area contributed by atoms with Gasteiger partial charge in [-0.1, -0.05) is 23.7 Å². The second-order valence-corrected chi connectivity index (χ2v) is 6.76. The molecule has 0 saturated carbocycles. The number of aromatic nitrogens is 2. The molecule has 0 amide bonds. The fourth-order valence-corrected chi connectivity index (χ4v) is 2.98. The van der Waals surface area contributed by atoms with Crippen molar-refractivity contribution in [2.75, 3.05) is 19.0 Å². The summed E-state index contributed by atoms with van der Waals surface area (Å²) < 4.78 is 25.9. The van der Waals surface area contributed by atoms with Gasteiger partial charge in [0.05, 0.1) is 31.5 Å². The molecule has 0 unspecified atom stereocenters. The minimum absolute atomic E-state index is 0.0261. The van der Waals surface area contributed by atoms with Gasteiger partial charge in [0.25, 0.3) is 0 Å². The minimum Gasteiger partial charge on any atom is -0.494 e. The number of hydrogen-bond acceptors (Lipinski definition) is 5. The van der Waals surface area contributed by atoms with Gasteiger partial charge < -0.3 is 19.4 Å². The maximum absolute atomic E-state index is 13.5. The quantitative estimate of drug-likeness (QED) is 0.611. The summed E-state index contributed by atoms with van der Waals surface area (Å²) in [5.41, 5.74) is 1.95. The van der Waals surface area contributed by atoms with Crippen LogP contribution in [0.4, 0.5) is 16.0 Å². The smallest absolute Gasteiger partial charge is 0.316 e. The molecule has 8 heteroatoms. The zero-order valence-electron chi connectivity index (χ0n) is 16.3. The fourth-order valence-electron chi connectivity index (χ4n) is 2.78. The lowest BCUT2D eigenvalue weighted by Crippen LogP contribution is -2.19. The Morgan fingerprint density at radius 3 is 2.72 bits per heavy atom. The van der Waals surface area contributed by atoms with E-state index in [0.29, 0.717) is 24.8 Å². The lowest BCUT2D eigenvalue weighted by atomic mass is 10.2. The Morgan fingerprint density at radius 1 is 1.24 bits per heavy atom. The first-order chi connectivity index (χ1) is 13.9. The van der Waals surface area contributed by atoms with Gasteiger partial charge >= 0.3 is 5.56 Å². The maximum atomic E-state index is 13.5. The van der Waals surface area contributed by atoms with Crippen molar-refractivity contribution in [3.05, 3.63) is 74.9 Å². The van der Waals surface area contributed by atoms with E-state index in [1.807, 2.05) is 32.0 Å². The van der Waals surface area contributed by atoms with Crippen LogP contribution in [-0.4, -0.2) is 23.3 Å². The molecule has 1 aromatic heterocycles. The average Bonchev–Trinajstić information content (AvgIpc) is 2.69. The Labute approximate surface area is 172 Å². The summed E-state index contributed by atoms with van der Waals surface area (Å²) in [5.74, 6) is 0.623. The highest BCUT2D eigenvalue weighted by atomic mass is 35.5. The number of anilines is 2. The predicted molar refractivity (Wildman–Crippen MR) is 111 cm³/mol. The van der Waals surface area contributed by atoms with Crippen molar-refractivity contribution in [1.82, 2.24) is 9.55 Å². The van der Waals surface area contributed by atoms with Crippen LogP contribution in [0.5, 0.6) is 11.5 Å². The Kier molecular flexibility index (Phi) is 6.39. The van der Waals surface area contributed by atoms with Gasteiger partial charge in [0.2, 0.25) is 11.7 Å². The molecule has 1 heterocycles. The van der Waals surface area contributed by atoms with E-state index in [1.54, 1.807) is 16.8 Å². The third kappa shape index (κ3) is 4.86. The molecule has 3 aromatic rings. The van der Waals surface area contributed by atoms with Crippen LogP contribution in [0.2, 0.25) is 5.02 Å². The second kappa shape index (κ2) is 8.96. The van der Waals surface area contributed by atoms with Gasteiger partial charge in [0.15, 0.2) is 0 Å². The van der Waals surface area contributed by atoms with Crippen molar-refractivity contribution >= 4 is 23.2 Å². The van der Waals surface area contributed by atoms with E-state index in [4.69, 9.17) is 21.1 Å². The van der Waals surface area contributed by atoms with Gasteiger partial charge in [-0.05, 0) is 43.2 Å². The molecule has 6 nitrogen and oxygen atoms in total. The van der Waals surface area contributed by atoms with E-state index in [2.05, 4.69) is 10.3 Å². The number of nitrogens with zero attached hydrogens (tertiary/aromatic N) is 2. The summed E-state index contributed by atoms with van der Waals surface area (Å²) >= 11 is 5.90. The predicted octanol–water partition coefficient (Wildman–Crippen LogP) is 4.54. The fraction of sp³-hybridized carbons (Fsp3) is 0.238. The molecule has 0 aliphatic carbocycles. The van der Waals surface area contributed by atoms with E-state index in [9.17, 15) is 9.18 Å². The number of ether oxygens (including phenoxy) is 2. The molecule has 1 N–H and O–H groups in total. The molecule has 0 spiro atoms. The molecule has 152 valence electrons. The lowest BCUT2D eigenvalue weighted by Gasteiger charge is -2.17. The number of rotatable bonds is 7. The van der Waals surface area contributed by atoms with Crippen molar-refractivity contribution in [3.8, 4) is 11.5 Å². The molecule has 0 bridgehead atoms. The topological polar surface area (TPSA) is 65.4 Å². The minimum atomic E-state index is -0.498. The van der Waals surface area contributed by atoms with E-state index in [1.165, 1.54) is 19.2 Å². The highest BCUT2D eigenvalue weighted by molar-refractivity contribution is 6.30. The Bertz CT molecular complexity index is 1090. The van der Waals surface area contributed by atoms with Gasteiger partial charge in [-0.2, -0.15) is 4.98 Å². The molecule has 0 aliphatic rings. The van der Waals surface area contributed by atoms with Crippen LogP contribution < -0.4 is 20.3 Å². The molecular formula is C21H21ClFN3O3. The molecule has 0 saturated heterocycles. The first-order valence-corrected chi connectivity index (χ1v) is 9.39. The van der Waals surface area contributed by atoms with Gasteiger partial charge in [-0.25, -0.2) is 4.39 Å². The summed E-state index contributed by atoms with van der Waals surface area (Å²) in [5, 5.41) is 3.21. The van der Waals surface area contributed by atoms with Crippen molar-refractivity contribution in [1.29, 1.82) is 0 Å². The Balaban J connectivity index is 2.01. The van der Waals surface area contributed by atoms with Gasteiger partial charge in [-0.3, -0.25) is 4.79 Å². The van der Waals surface area contributed by atoms with Gasteiger partial charge in [-0.15, -0.1) is 0 Å². The maximum Gasteiger partial charge on any atom is 0.316 e. The van der Waals surface area contributed by atoms with Crippen LogP contribution in [0.3, 0.4) is 0 Å². The van der Waals surface area contributed by atoms with Crippen LogP contribution in [0, 0.1) is 12.7 Å². The van der Waals surface area contributed by atoms with Crippen LogP contribution in [-0.2, 0) is 6.54 Å². The number of aryl methyl sites for hydroxylation is 1. The molecule has 2 aromatic carbocycles. The van der Waals surface area contributed by atoms with Gasteiger partial charge in [0, 0.05) is 11.8 Å². The van der Waals surface area contributed by atoms with E-state index in [0.717, 1.165) is 16.8 Å². The molecule has 29 heavy (non-hydrogen) atoms. The van der Waals surface area contributed by atoms with Crippen molar-refractivity contribution in [2.24, 2.45) is 0 Å². The summed E-state index contributed by atoms with van der Waals surface area (Å²) in [6.07, 6.45) is 1.55. The van der Waals surface area contributed by atoms with E-state index in [-0.39, 0.29) is 10.8 Å². The highest BCUT2D eigenvalue weighted by Gasteiger charge is 2.12. The Morgan fingerprint density at radius 2 is 2.03 bits per heavy atom. The average molecular weight is 418 g/mol. The van der Waals surface area contributed by atoms with Crippen LogP contribution in [0.25, 0.3) is 0 Å². The normalized spacial score (nSPS) is 10.7. The zero-order chi connectivity index (χ0) is 21.0. The number of hydrogen-bond donors (Lipinski definition) is 1. The molecule has 0 atom stereocenters. The second-order valence-electron chi connectivity index (χ2n) is 6.35.